The Morgan fingerprint density at radius 1 is 1.12 bits per heavy atom. The third-order valence-electron chi connectivity index (χ3n) is 5.60. The average Bonchev–Trinajstić information content (AvgIpc) is 2.64. The number of rotatable bonds is 4. The number of hydrogen-bond acceptors (Lipinski definition) is 3. The average molecular weight is 340 g/mol. The maximum Gasteiger partial charge on any atom is 0.338 e. The predicted octanol–water partition coefficient (Wildman–Crippen LogP) is 4.96. The quantitative estimate of drug-likeness (QED) is 0.727. The van der Waals surface area contributed by atoms with Gasteiger partial charge in [0.05, 0.1) is 12.7 Å². The zero-order valence-corrected chi connectivity index (χ0v) is 15.5. The van der Waals surface area contributed by atoms with Crippen LogP contribution in [-0.2, 0) is 14.9 Å². The summed E-state index contributed by atoms with van der Waals surface area (Å²) < 4.78 is 10.9. The molecule has 134 valence electrons. The SMILES string of the molecule is COc1ccc(C2(C)C=CC(C(=O)OC3CCC(C)CC3)=CC2)cc1. The van der Waals surface area contributed by atoms with Gasteiger partial charge in [-0.2, -0.15) is 0 Å². The van der Waals surface area contributed by atoms with Crippen molar-refractivity contribution in [3.63, 3.8) is 0 Å². The lowest BCUT2D eigenvalue weighted by Gasteiger charge is -2.29. The summed E-state index contributed by atoms with van der Waals surface area (Å²) in [5.74, 6) is 1.44. The van der Waals surface area contributed by atoms with Crippen LogP contribution < -0.4 is 4.74 Å². The Balaban J connectivity index is 1.61. The lowest BCUT2D eigenvalue weighted by atomic mass is 9.76. The molecular formula is C22H28O3. The largest absolute Gasteiger partial charge is 0.497 e. The minimum Gasteiger partial charge on any atom is -0.497 e. The Morgan fingerprint density at radius 2 is 1.80 bits per heavy atom. The smallest absolute Gasteiger partial charge is 0.338 e. The normalized spacial score (nSPS) is 29.0. The van der Waals surface area contributed by atoms with E-state index in [1.165, 1.54) is 5.56 Å². The highest BCUT2D eigenvalue weighted by Crippen LogP contribution is 2.35. The Bertz CT molecular complexity index is 663. The summed E-state index contributed by atoms with van der Waals surface area (Å²) in [6.07, 6.45) is 11.2. The first-order valence-corrected chi connectivity index (χ1v) is 9.25. The molecular weight excluding hydrogens is 312 g/mol. The molecule has 1 fully saturated rings. The number of hydrogen-bond donors (Lipinski definition) is 0. The minimum atomic E-state index is -0.174. The molecule has 0 bridgehead atoms. The highest BCUT2D eigenvalue weighted by molar-refractivity contribution is 5.92. The molecule has 1 aromatic rings. The number of carbonyl (C=O) groups is 1. The predicted molar refractivity (Wildman–Crippen MR) is 99.7 cm³/mol. The second-order valence-electron chi connectivity index (χ2n) is 7.63. The Hall–Kier alpha value is -2.03. The third kappa shape index (κ3) is 4.15. The van der Waals surface area contributed by atoms with E-state index in [-0.39, 0.29) is 17.5 Å². The van der Waals surface area contributed by atoms with Gasteiger partial charge in [0.1, 0.15) is 11.9 Å². The van der Waals surface area contributed by atoms with Crippen LogP contribution >= 0.6 is 0 Å². The van der Waals surface area contributed by atoms with E-state index in [2.05, 4.69) is 32.1 Å². The first-order valence-electron chi connectivity index (χ1n) is 9.25. The first-order chi connectivity index (χ1) is 12.0. The van der Waals surface area contributed by atoms with Gasteiger partial charge in [-0.25, -0.2) is 4.79 Å². The lowest BCUT2D eigenvalue weighted by Crippen LogP contribution is -2.26. The van der Waals surface area contributed by atoms with Crippen LogP contribution in [0.25, 0.3) is 0 Å². The summed E-state index contributed by atoms with van der Waals surface area (Å²) in [6, 6.07) is 8.13. The second-order valence-corrected chi connectivity index (χ2v) is 7.63. The van der Waals surface area contributed by atoms with Crippen molar-refractivity contribution in [1.82, 2.24) is 0 Å². The second kappa shape index (κ2) is 7.47. The number of methoxy groups -OCH3 is 1. The summed E-state index contributed by atoms with van der Waals surface area (Å²) in [6.45, 7) is 4.46. The fourth-order valence-electron chi connectivity index (χ4n) is 3.64. The molecule has 0 radical (unpaired) electrons. The van der Waals surface area contributed by atoms with E-state index in [4.69, 9.17) is 9.47 Å². The molecule has 3 nitrogen and oxygen atoms in total. The fourth-order valence-corrected chi connectivity index (χ4v) is 3.64. The minimum absolute atomic E-state index is 0.0906. The van der Waals surface area contributed by atoms with Crippen molar-refractivity contribution in [2.45, 2.75) is 57.5 Å². The van der Waals surface area contributed by atoms with Crippen LogP contribution in [0.4, 0.5) is 0 Å². The van der Waals surface area contributed by atoms with Crippen molar-refractivity contribution in [2.24, 2.45) is 5.92 Å². The molecule has 3 heteroatoms. The number of carbonyl (C=O) groups excluding carboxylic acids is 1. The van der Waals surface area contributed by atoms with E-state index in [9.17, 15) is 4.79 Å². The number of allylic oxidation sites excluding steroid dienone is 2. The fraction of sp³-hybridized carbons (Fsp3) is 0.500. The molecule has 0 saturated heterocycles. The zero-order chi connectivity index (χ0) is 17.9. The van der Waals surface area contributed by atoms with Crippen LogP contribution in [0.5, 0.6) is 5.75 Å². The molecule has 1 aromatic carbocycles. The monoisotopic (exact) mass is 340 g/mol. The van der Waals surface area contributed by atoms with E-state index >= 15 is 0 Å². The van der Waals surface area contributed by atoms with Crippen molar-refractivity contribution in [1.29, 1.82) is 0 Å². The van der Waals surface area contributed by atoms with Crippen LogP contribution in [0.2, 0.25) is 0 Å². The topological polar surface area (TPSA) is 35.5 Å². The first kappa shape index (κ1) is 17.8. The molecule has 25 heavy (non-hydrogen) atoms. The maximum atomic E-state index is 12.4. The van der Waals surface area contributed by atoms with Crippen molar-refractivity contribution >= 4 is 5.97 Å². The molecule has 0 amide bonds. The van der Waals surface area contributed by atoms with Gasteiger partial charge in [-0.3, -0.25) is 0 Å². The third-order valence-corrected chi connectivity index (χ3v) is 5.60. The summed E-state index contributed by atoms with van der Waals surface area (Å²) >= 11 is 0. The maximum absolute atomic E-state index is 12.4. The van der Waals surface area contributed by atoms with Gasteiger partial charge in [0.2, 0.25) is 0 Å². The molecule has 3 rings (SSSR count). The molecule has 0 spiro atoms. The van der Waals surface area contributed by atoms with Crippen LogP contribution in [0.3, 0.4) is 0 Å². The number of benzene rings is 1. The van der Waals surface area contributed by atoms with Gasteiger partial charge in [0, 0.05) is 5.41 Å². The van der Waals surface area contributed by atoms with Gasteiger partial charge in [0.15, 0.2) is 0 Å². The van der Waals surface area contributed by atoms with Gasteiger partial charge in [0.25, 0.3) is 0 Å². The molecule has 2 aliphatic carbocycles. The standard InChI is InChI=1S/C22H28O3/c1-16-4-8-20(9-5-16)25-21(23)17-12-14-22(2,15-13-17)18-6-10-19(24-3)11-7-18/h6-7,10-14,16,20H,4-5,8-9,15H2,1-3H3. The highest BCUT2D eigenvalue weighted by atomic mass is 16.5. The van der Waals surface area contributed by atoms with E-state index in [0.717, 1.165) is 43.8 Å². The lowest BCUT2D eigenvalue weighted by molar-refractivity contribution is -0.145. The van der Waals surface area contributed by atoms with Crippen molar-refractivity contribution in [3.05, 3.63) is 53.6 Å². The molecule has 2 aliphatic rings. The van der Waals surface area contributed by atoms with E-state index in [1.807, 2.05) is 24.3 Å². The van der Waals surface area contributed by atoms with Gasteiger partial charge in [-0.05, 0) is 55.7 Å². The Labute approximate surface area is 150 Å². The van der Waals surface area contributed by atoms with E-state index in [1.54, 1.807) is 7.11 Å². The molecule has 1 unspecified atom stereocenters. The van der Waals surface area contributed by atoms with Gasteiger partial charge >= 0.3 is 5.97 Å². The molecule has 1 saturated carbocycles. The molecule has 1 atom stereocenters. The van der Waals surface area contributed by atoms with Crippen LogP contribution in [0, 0.1) is 5.92 Å². The molecule has 0 aliphatic heterocycles. The summed E-state index contributed by atoms with van der Waals surface area (Å²) in [4.78, 5) is 12.4. The molecule has 0 N–H and O–H groups in total. The van der Waals surface area contributed by atoms with Crippen LogP contribution in [0.1, 0.15) is 51.5 Å². The zero-order valence-electron chi connectivity index (χ0n) is 15.5. The number of ether oxygens (including phenoxy) is 2. The molecule has 0 aromatic heterocycles. The van der Waals surface area contributed by atoms with Crippen molar-refractivity contribution < 1.29 is 14.3 Å². The Morgan fingerprint density at radius 3 is 2.36 bits per heavy atom. The van der Waals surface area contributed by atoms with E-state index in [0.29, 0.717) is 5.57 Å². The summed E-state index contributed by atoms with van der Waals surface area (Å²) in [7, 11) is 1.67. The van der Waals surface area contributed by atoms with Crippen molar-refractivity contribution in [2.75, 3.05) is 7.11 Å². The van der Waals surface area contributed by atoms with Crippen LogP contribution in [-0.4, -0.2) is 19.2 Å². The van der Waals surface area contributed by atoms with Crippen molar-refractivity contribution in [3.8, 4) is 5.75 Å². The van der Waals surface area contributed by atoms with Gasteiger partial charge < -0.3 is 9.47 Å². The van der Waals surface area contributed by atoms with Gasteiger partial charge in [-0.15, -0.1) is 0 Å². The highest BCUT2D eigenvalue weighted by Gasteiger charge is 2.28. The summed E-state index contributed by atoms with van der Waals surface area (Å²) in [5.41, 5.74) is 1.80. The number of esters is 1. The molecule has 0 heterocycles. The summed E-state index contributed by atoms with van der Waals surface area (Å²) in [5, 5.41) is 0. The van der Waals surface area contributed by atoms with E-state index < -0.39 is 0 Å². The van der Waals surface area contributed by atoms with Crippen LogP contribution in [0.15, 0.2) is 48.1 Å². The van der Waals surface area contributed by atoms with Gasteiger partial charge in [-0.1, -0.05) is 44.2 Å². The Kier molecular flexibility index (Phi) is 5.31.